The van der Waals surface area contributed by atoms with E-state index in [1.54, 1.807) is 11.9 Å². The van der Waals surface area contributed by atoms with E-state index in [1.165, 1.54) is 0 Å². The molecule has 1 aliphatic heterocycles. The fourth-order valence-corrected chi connectivity index (χ4v) is 0.988. The Morgan fingerprint density at radius 3 is 3.09 bits per heavy atom. The summed E-state index contributed by atoms with van der Waals surface area (Å²) in [6, 6.07) is 0. The van der Waals surface area contributed by atoms with Crippen molar-refractivity contribution in [2.45, 2.75) is 6.23 Å². The van der Waals surface area contributed by atoms with Crippen molar-refractivity contribution in [1.29, 1.82) is 0 Å². The summed E-state index contributed by atoms with van der Waals surface area (Å²) in [7, 11) is 1.74. The van der Waals surface area contributed by atoms with E-state index in [9.17, 15) is 4.79 Å². The Bertz CT molecular complexity index is 168. The topological polar surface area (TPSA) is 41.6 Å². The number of rotatable bonds is 2. The smallest absolute Gasteiger partial charge is 0.177 e. The second kappa shape index (κ2) is 3.75. The monoisotopic (exact) mass is 174 g/mol. The van der Waals surface area contributed by atoms with Crippen molar-refractivity contribution >= 4 is 23.5 Å². The molecule has 1 unspecified atom stereocenters. The van der Waals surface area contributed by atoms with Crippen LogP contribution in [0.1, 0.15) is 0 Å². The number of hydrogen-bond donors (Lipinski definition) is 1. The normalized spacial score (nSPS) is 23.2. The van der Waals surface area contributed by atoms with E-state index in [1.807, 2.05) is 0 Å². The lowest BCUT2D eigenvalue weighted by Gasteiger charge is -2.22. The Labute approximate surface area is 70.5 Å². The number of hydrogen-bond acceptors (Lipinski definition) is 4. The summed E-state index contributed by atoms with van der Waals surface area (Å²) in [5.74, 6) is 0. The lowest BCUT2D eigenvalue weighted by atomic mass is 10.5. The molecule has 0 aliphatic carbocycles. The first-order chi connectivity index (χ1) is 5.25. The Morgan fingerprint density at radius 1 is 1.91 bits per heavy atom. The van der Waals surface area contributed by atoms with Gasteiger partial charge >= 0.3 is 0 Å². The number of likely N-dealkylation sites (N-methyl/N-ethyl adjacent to an activating group) is 1. The molecule has 1 atom stereocenters. The predicted octanol–water partition coefficient (Wildman–Crippen LogP) is -0.652. The lowest BCUT2D eigenvalue weighted by molar-refractivity contribution is -0.103. The SMILES string of the molecule is CN(C(=S)C=O)C1CNCO1. The minimum atomic E-state index is -0.0901. The van der Waals surface area contributed by atoms with Gasteiger partial charge in [-0.2, -0.15) is 0 Å². The van der Waals surface area contributed by atoms with Gasteiger partial charge in [0.1, 0.15) is 11.2 Å². The molecule has 1 aliphatic rings. The van der Waals surface area contributed by atoms with Gasteiger partial charge in [0, 0.05) is 13.6 Å². The van der Waals surface area contributed by atoms with Crippen LogP contribution in [-0.4, -0.2) is 42.7 Å². The van der Waals surface area contributed by atoms with Gasteiger partial charge in [0.15, 0.2) is 6.29 Å². The molecule has 1 N–H and O–H groups in total. The van der Waals surface area contributed by atoms with Crippen LogP contribution in [0, 0.1) is 0 Å². The van der Waals surface area contributed by atoms with Crippen molar-refractivity contribution < 1.29 is 9.53 Å². The third-order valence-corrected chi connectivity index (χ3v) is 1.96. The number of nitrogens with zero attached hydrogens (tertiary/aromatic N) is 1. The zero-order valence-corrected chi connectivity index (χ0v) is 7.06. The number of carbonyl (C=O) groups excluding carboxylic acids is 1. The molecular weight excluding hydrogens is 164 g/mol. The summed E-state index contributed by atoms with van der Waals surface area (Å²) in [5.41, 5.74) is 0. The quantitative estimate of drug-likeness (QED) is 0.445. The van der Waals surface area contributed by atoms with Gasteiger partial charge in [-0.25, -0.2) is 0 Å². The fraction of sp³-hybridized carbons (Fsp3) is 0.667. The maximum Gasteiger partial charge on any atom is 0.177 e. The second-order valence-corrected chi connectivity index (χ2v) is 2.71. The molecule has 0 bridgehead atoms. The van der Waals surface area contributed by atoms with Crippen molar-refractivity contribution in [1.82, 2.24) is 10.2 Å². The highest BCUT2D eigenvalue weighted by Crippen LogP contribution is 2.02. The van der Waals surface area contributed by atoms with Gasteiger partial charge in [-0.05, 0) is 0 Å². The summed E-state index contributed by atoms with van der Waals surface area (Å²) >= 11 is 4.76. The van der Waals surface area contributed by atoms with Crippen LogP contribution in [0.25, 0.3) is 0 Å². The molecule has 0 amide bonds. The third kappa shape index (κ3) is 1.95. The van der Waals surface area contributed by atoms with Crippen LogP contribution in [0.15, 0.2) is 0 Å². The van der Waals surface area contributed by atoms with Crippen molar-refractivity contribution in [2.24, 2.45) is 0 Å². The Balaban J connectivity index is 2.45. The maximum absolute atomic E-state index is 10.2. The molecule has 0 aromatic heterocycles. The van der Waals surface area contributed by atoms with Gasteiger partial charge in [-0.1, -0.05) is 12.2 Å². The summed E-state index contributed by atoms with van der Waals surface area (Å²) in [6.45, 7) is 1.24. The van der Waals surface area contributed by atoms with Crippen molar-refractivity contribution in [2.75, 3.05) is 20.3 Å². The molecule has 5 heteroatoms. The van der Waals surface area contributed by atoms with Crippen LogP contribution >= 0.6 is 12.2 Å². The molecule has 1 heterocycles. The van der Waals surface area contributed by atoms with Crippen LogP contribution in [-0.2, 0) is 9.53 Å². The van der Waals surface area contributed by atoms with Gasteiger partial charge in [-0.3, -0.25) is 10.1 Å². The van der Waals surface area contributed by atoms with E-state index in [0.717, 1.165) is 0 Å². The molecule has 0 spiro atoms. The standard InChI is InChI=1S/C6H10N2O2S/c1-8(6(11)3-9)5-2-7-4-10-5/h3,5,7H,2,4H2,1H3. The number of ether oxygens (including phenoxy) is 1. The van der Waals surface area contributed by atoms with Crippen LogP contribution in [0.3, 0.4) is 0 Å². The Morgan fingerprint density at radius 2 is 2.64 bits per heavy atom. The second-order valence-electron chi connectivity index (χ2n) is 2.29. The van der Waals surface area contributed by atoms with Crippen LogP contribution in [0.4, 0.5) is 0 Å². The first-order valence-electron chi connectivity index (χ1n) is 3.30. The molecule has 4 nitrogen and oxygen atoms in total. The fourth-order valence-electron chi connectivity index (χ4n) is 0.870. The molecule has 1 fully saturated rings. The predicted molar refractivity (Wildman–Crippen MR) is 44.2 cm³/mol. The highest BCUT2D eigenvalue weighted by atomic mass is 32.1. The Hall–Kier alpha value is -0.520. The van der Waals surface area contributed by atoms with Gasteiger partial charge in [0.2, 0.25) is 0 Å². The highest BCUT2D eigenvalue weighted by Gasteiger charge is 2.20. The van der Waals surface area contributed by atoms with Crippen LogP contribution in [0.5, 0.6) is 0 Å². The highest BCUT2D eigenvalue weighted by molar-refractivity contribution is 7.81. The number of thiocarbonyl (C=S) groups is 1. The molecule has 0 radical (unpaired) electrons. The summed E-state index contributed by atoms with van der Waals surface area (Å²) < 4.78 is 5.21. The molecule has 1 saturated heterocycles. The summed E-state index contributed by atoms with van der Waals surface area (Å²) in [4.78, 5) is 12.2. The zero-order valence-electron chi connectivity index (χ0n) is 6.24. The molecule has 1 rings (SSSR count). The average molecular weight is 174 g/mol. The largest absolute Gasteiger partial charge is 0.342 e. The van der Waals surface area contributed by atoms with E-state index in [2.05, 4.69) is 5.32 Å². The van der Waals surface area contributed by atoms with Gasteiger partial charge in [0.25, 0.3) is 0 Å². The number of carbonyl (C=O) groups is 1. The van der Waals surface area contributed by atoms with E-state index in [-0.39, 0.29) is 11.2 Å². The molecule has 0 aromatic carbocycles. The van der Waals surface area contributed by atoms with Gasteiger partial charge in [0.05, 0.1) is 6.73 Å². The van der Waals surface area contributed by atoms with Gasteiger partial charge in [-0.15, -0.1) is 0 Å². The minimum Gasteiger partial charge on any atom is -0.342 e. The first kappa shape index (κ1) is 8.58. The lowest BCUT2D eigenvalue weighted by Crippen LogP contribution is -2.38. The first-order valence-corrected chi connectivity index (χ1v) is 3.71. The minimum absolute atomic E-state index is 0.0901. The zero-order chi connectivity index (χ0) is 8.27. The molecule has 11 heavy (non-hydrogen) atoms. The number of aldehydes is 1. The van der Waals surface area contributed by atoms with Crippen molar-refractivity contribution in [3.05, 3.63) is 0 Å². The van der Waals surface area contributed by atoms with E-state index >= 15 is 0 Å². The van der Waals surface area contributed by atoms with Crippen molar-refractivity contribution in [3.63, 3.8) is 0 Å². The summed E-state index contributed by atoms with van der Waals surface area (Å²) in [6.07, 6.45) is 0.560. The summed E-state index contributed by atoms with van der Waals surface area (Å²) in [5, 5.41) is 2.99. The maximum atomic E-state index is 10.2. The van der Waals surface area contributed by atoms with E-state index in [0.29, 0.717) is 19.6 Å². The number of nitrogens with one attached hydrogen (secondary N) is 1. The van der Waals surface area contributed by atoms with E-state index < -0.39 is 0 Å². The van der Waals surface area contributed by atoms with Crippen molar-refractivity contribution in [3.8, 4) is 0 Å². The molecule has 0 aromatic rings. The average Bonchev–Trinajstić information content (AvgIpc) is 2.53. The molecule has 62 valence electrons. The molecule has 0 saturated carbocycles. The Kier molecular flexibility index (Phi) is 2.92. The molecular formula is C6H10N2O2S. The van der Waals surface area contributed by atoms with Crippen LogP contribution in [0.2, 0.25) is 0 Å². The van der Waals surface area contributed by atoms with Gasteiger partial charge < -0.3 is 9.64 Å². The third-order valence-electron chi connectivity index (χ3n) is 1.58. The van der Waals surface area contributed by atoms with Crippen LogP contribution < -0.4 is 5.32 Å². The van der Waals surface area contributed by atoms with E-state index in [4.69, 9.17) is 17.0 Å².